The van der Waals surface area contributed by atoms with E-state index in [9.17, 15) is 0 Å². The molecule has 102 valence electrons. The largest absolute Gasteiger partial charge is 0.368 e. The number of hydrogen-bond acceptors (Lipinski definition) is 3. The zero-order chi connectivity index (χ0) is 13.6. The fourth-order valence-corrected chi connectivity index (χ4v) is 3.33. The summed E-state index contributed by atoms with van der Waals surface area (Å²) >= 11 is 6.20. The van der Waals surface area contributed by atoms with E-state index in [0.717, 1.165) is 11.0 Å². The molecule has 5 heteroatoms. The summed E-state index contributed by atoms with van der Waals surface area (Å²) in [5, 5.41) is 2.99. The van der Waals surface area contributed by atoms with Crippen LogP contribution in [0.3, 0.4) is 0 Å². The SMILES string of the molecule is CC1CCCC(C)N1n1c(N)nc2c(Cl)cccc21. The summed E-state index contributed by atoms with van der Waals surface area (Å²) in [6, 6.07) is 6.74. The molecule has 1 aromatic carbocycles. The number of imidazole rings is 1. The molecule has 1 aromatic heterocycles. The van der Waals surface area contributed by atoms with Gasteiger partial charge in [-0.3, -0.25) is 0 Å². The van der Waals surface area contributed by atoms with Crippen molar-refractivity contribution in [2.45, 2.75) is 45.2 Å². The maximum Gasteiger partial charge on any atom is 0.220 e. The Kier molecular flexibility index (Phi) is 3.05. The van der Waals surface area contributed by atoms with Gasteiger partial charge < -0.3 is 10.7 Å². The highest BCUT2D eigenvalue weighted by Crippen LogP contribution is 2.29. The van der Waals surface area contributed by atoms with Gasteiger partial charge in [-0.05, 0) is 45.2 Å². The number of nitrogen functional groups attached to an aromatic ring is 1. The van der Waals surface area contributed by atoms with Gasteiger partial charge in [0, 0.05) is 12.1 Å². The van der Waals surface area contributed by atoms with E-state index in [-0.39, 0.29) is 0 Å². The molecule has 0 saturated carbocycles. The number of rotatable bonds is 1. The van der Waals surface area contributed by atoms with Crippen molar-refractivity contribution in [3.05, 3.63) is 23.2 Å². The first-order valence-corrected chi connectivity index (χ1v) is 7.18. The van der Waals surface area contributed by atoms with E-state index in [1.54, 1.807) is 0 Å². The van der Waals surface area contributed by atoms with Crippen LogP contribution >= 0.6 is 11.6 Å². The summed E-state index contributed by atoms with van der Waals surface area (Å²) in [5.41, 5.74) is 7.90. The highest BCUT2D eigenvalue weighted by atomic mass is 35.5. The van der Waals surface area contributed by atoms with Crippen LogP contribution in [0.5, 0.6) is 0 Å². The molecule has 19 heavy (non-hydrogen) atoms. The number of nitrogens with zero attached hydrogens (tertiary/aromatic N) is 3. The zero-order valence-corrected chi connectivity index (χ0v) is 12.1. The van der Waals surface area contributed by atoms with Gasteiger partial charge in [0.15, 0.2) is 0 Å². The lowest BCUT2D eigenvalue weighted by Crippen LogP contribution is -2.51. The Balaban J connectivity index is 2.18. The van der Waals surface area contributed by atoms with Crippen LogP contribution < -0.4 is 10.7 Å². The van der Waals surface area contributed by atoms with Gasteiger partial charge in [-0.15, -0.1) is 0 Å². The molecular weight excluding hydrogens is 260 g/mol. The molecule has 3 rings (SSSR count). The number of para-hydroxylation sites is 1. The zero-order valence-electron chi connectivity index (χ0n) is 11.3. The van der Waals surface area contributed by atoms with Gasteiger partial charge >= 0.3 is 0 Å². The molecule has 2 aromatic rings. The van der Waals surface area contributed by atoms with Crippen molar-refractivity contribution >= 4 is 28.6 Å². The van der Waals surface area contributed by atoms with Gasteiger partial charge in [-0.1, -0.05) is 17.7 Å². The second-order valence-electron chi connectivity index (χ2n) is 5.40. The molecule has 2 unspecified atom stereocenters. The summed E-state index contributed by atoms with van der Waals surface area (Å²) in [7, 11) is 0. The molecule has 1 aliphatic rings. The third-order valence-electron chi connectivity index (χ3n) is 4.01. The standard InChI is InChI=1S/C14H19ClN4/c1-9-5-3-6-10(2)18(9)19-12-8-4-7-11(15)13(12)17-14(19)16/h4,7-10H,3,5-6H2,1-2H3,(H2,16,17). The quantitative estimate of drug-likeness (QED) is 0.872. The fourth-order valence-electron chi connectivity index (χ4n) is 3.12. The fraction of sp³-hybridized carbons (Fsp3) is 0.500. The van der Waals surface area contributed by atoms with E-state index in [1.807, 2.05) is 22.9 Å². The summed E-state index contributed by atoms with van der Waals surface area (Å²) in [6.45, 7) is 4.48. The normalized spacial score (nSPS) is 24.1. The molecule has 0 bridgehead atoms. The topological polar surface area (TPSA) is 47.1 Å². The van der Waals surface area contributed by atoms with E-state index in [2.05, 4.69) is 23.8 Å². The maximum atomic E-state index is 6.20. The molecule has 1 fully saturated rings. The first kappa shape index (κ1) is 12.6. The number of anilines is 1. The van der Waals surface area contributed by atoms with E-state index in [0.29, 0.717) is 23.1 Å². The Morgan fingerprint density at radius 2 is 1.95 bits per heavy atom. The van der Waals surface area contributed by atoms with E-state index in [4.69, 9.17) is 17.3 Å². The Morgan fingerprint density at radius 1 is 1.26 bits per heavy atom. The van der Waals surface area contributed by atoms with Crippen LogP contribution in [0.1, 0.15) is 33.1 Å². The van der Waals surface area contributed by atoms with E-state index < -0.39 is 0 Å². The Bertz CT molecular complexity index is 597. The van der Waals surface area contributed by atoms with Crippen LogP contribution in [-0.4, -0.2) is 21.7 Å². The van der Waals surface area contributed by atoms with Crippen molar-refractivity contribution in [3.63, 3.8) is 0 Å². The average Bonchev–Trinajstić information content (AvgIpc) is 2.68. The first-order chi connectivity index (χ1) is 9.09. The number of aromatic nitrogens is 2. The number of halogens is 1. The molecule has 1 aliphatic heterocycles. The van der Waals surface area contributed by atoms with Crippen LogP contribution in [0.2, 0.25) is 5.02 Å². The van der Waals surface area contributed by atoms with Gasteiger partial charge in [-0.25, -0.2) is 9.66 Å². The van der Waals surface area contributed by atoms with Crippen LogP contribution in [0.15, 0.2) is 18.2 Å². The monoisotopic (exact) mass is 278 g/mol. The summed E-state index contributed by atoms with van der Waals surface area (Å²) in [6.07, 6.45) is 3.64. The van der Waals surface area contributed by atoms with Crippen molar-refractivity contribution in [2.24, 2.45) is 0 Å². The maximum absolute atomic E-state index is 6.20. The van der Waals surface area contributed by atoms with Gasteiger partial charge in [0.2, 0.25) is 5.95 Å². The molecular formula is C14H19ClN4. The Labute approximate surface area is 118 Å². The minimum Gasteiger partial charge on any atom is -0.368 e. The second-order valence-corrected chi connectivity index (χ2v) is 5.81. The number of benzene rings is 1. The van der Waals surface area contributed by atoms with Crippen LogP contribution in [0.4, 0.5) is 5.95 Å². The highest BCUT2D eigenvalue weighted by molar-refractivity contribution is 6.35. The molecule has 2 atom stereocenters. The third-order valence-corrected chi connectivity index (χ3v) is 4.32. The number of fused-ring (bicyclic) bond motifs is 1. The number of hydrogen-bond donors (Lipinski definition) is 1. The van der Waals surface area contributed by atoms with Crippen molar-refractivity contribution in [1.29, 1.82) is 0 Å². The minimum absolute atomic E-state index is 0.461. The van der Waals surface area contributed by atoms with Crippen LogP contribution in [-0.2, 0) is 0 Å². The third kappa shape index (κ3) is 1.94. The van der Waals surface area contributed by atoms with Crippen molar-refractivity contribution in [2.75, 3.05) is 10.7 Å². The average molecular weight is 279 g/mol. The molecule has 1 saturated heterocycles. The van der Waals surface area contributed by atoms with Crippen LogP contribution in [0.25, 0.3) is 11.0 Å². The lowest BCUT2D eigenvalue weighted by atomic mass is 10.00. The van der Waals surface area contributed by atoms with Crippen molar-refractivity contribution in [1.82, 2.24) is 9.66 Å². The van der Waals surface area contributed by atoms with Crippen molar-refractivity contribution in [3.8, 4) is 0 Å². The Hall–Kier alpha value is -1.42. The number of nitrogens with two attached hydrogens (primary N) is 1. The van der Waals surface area contributed by atoms with Crippen molar-refractivity contribution < 1.29 is 0 Å². The molecule has 0 spiro atoms. The first-order valence-electron chi connectivity index (χ1n) is 6.80. The van der Waals surface area contributed by atoms with Gasteiger partial charge in [0.25, 0.3) is 0 Å². The van der Waals surface area contributed by atoms with Gasteiger partial charge in [0.1, 0.15) is 5.52 Å². The predicted molar refractivity (Wildman–Crippen MR) is 80.1 cm³/mol. The summed E-state index contributed by atoms with van der Waals surface area (Å²) in [4.78, 5) is 4.42. The minimum atomic E-state index is 0.461. The second kappa shape index (κ2) is 4.60. The smallest absolute Gasteiger partial charge is 0.220 e. The summed E-state index contributed by atoms with van der Waals surface area (Å²) < 4.78 is 2.04. The molecule has 0 aliphatic carbocycles. The molecule has 0 radical (unpaired) electrons. The Morgan fingerprint density at radius 3 is 2.63 bits per heavy atom. The predicted octanol–water partition coefficient (Wildman–Crippen LogP) is 3.17. The van der Waals surface area contributed by atoms with Gasteiger partial charge in [-0.2, -0.15) is 0 Å². The van der Waals surface area contributed by atoms with Crippen LogP contribution in [0, 0.1) is 0 Å². The molecule has 2 N–H and O–H groups in total. The number of piperidine rings is 1. The highest BCUT2D eigenvalue weighted by Gasteiger charge is 2.28. The molecule has 0 amide bonds. The lowest BCUT2D eigenvalue weighted by molar-refractivity contribution is 0.343. The van der Waals surface area contributed by atoms with Gasteiger partial charge in [0.05, 0.1) is 10.5 Å². The van der Waals surface area contributed by atoms with E-state index in [1.165, 1.54) is 19.3 Å². The molecule has 2 heterocycles. The van der Waals surface area contributed by atoms with E-state index >= 15 is 0 Å². The lowest BCUT2D eigenvalue weighted by Gasteiger charge is -2.41. The summed E-state index contributed by atoms with van der Waals surface area (Å²) in [5.74, 6) is 0.517. The molecule has 4 nitrogen and oxygen atoms in total.